The highest BCUT2D eigenvalue weighted by Crippen LogP contribution is 2.05. The second-order valence-corrected chi connectivity index (χ2v) is 4.19. The van der Waals surface area contributed by atoms with Gasteiger partial charge in [-0.2, -0.15) is 0 Å². The van der Waals surface area contributed by atoms with Crippen LogP contribution in [0.2, 0.25) is 0 Å². The highest BCUT2D eigenvalue weighted by Gasteiger charge is 2.24. The molecule has 1 rings (SSSR count). The van der Waals surface area contributed by atoms with Crippen LogP contribution in [0.3, 0.4) is 0 Å². The van der Waals surface area contributed by atoms with Crippen LogP contribution in [-0.4, -0.2) is 18.5 Å². The summed E-state index contributed by atoms with van der Waals surface area (Å²) in [5.41, 5.74) is 0.133. The largest absolute Gasteiger partial charge is 0.350 e. The van der Waals surface area contributed by atoms with Crippen molar-refractivity contribution in [2.75, 3.05) is 7.05 Å². The lowest BCUT2D eigenvalue weighted by Gasteiger charge is -2.22. The van der Waals surface area contributed by atoms with Crippen LogP contribution in [0.5, 0.6) is 0 Å². The molecule has 1 aromatic carbocycles. The summed E-state index contributed by atoms with van der Waals surface area (Å²) in [6.07, 6.45) is 0. The molecule has 0 saturated carbocycles. The zero-order valence-electron chi connectivity index (χ0n) is 9.80. The van der Waals surface area contributed by atoms with Gasteiger partial charge in [0.1, 0.15) is 5.82 Å². The number of carbonyl (C=O) groups excluding carboxylic acids is 1. The van der Waals surface area contributed by atoms with Crippen molar-refractivity contribution in [3.8, 4) is 0 Å². The predicted octanol–water partition coefficient (Wildman–Crippen LogP) is 1.44. The summed E-state index contributed by atoms with van der Waals surface area (Å²) in [4.78, 5) is 11.7. The first kappa shape index (κ1) is 12.6. The zero-order chi connectivity index (χ0) is 12.2. The van der Waals surface area contributed by atoms with Gasteiger partial charge in [0, 0.05) is 6.54 Å². The molecule has 2 N–H and O–H groups in total. The van der Waals surface area contributed by atoms with Gasteiger partial charge in [0.05, 0.1) is 5.54 Å². The van der Waals surface area contributed by atoms with Crippen molar-refractivity contribution >= 4 is 5.91 Å². The molecule has 0 atom stereocenters. The maximum atomic E-state index is 12.9. The van der Waals surface area contributed by atoms with Gasteiger partial charge in [0.15, 0.2) is 0 Å². The number of hydrogen-bond donors (Lipinski definition) is 2. The molecule has 3 nitrogen and oxygen atoms in total. The molecular weight excluding hydrogens is 207 g/mol. The van der Waals surface area contributed by atoms with Gasteiger partial charge in [-0.25, -0.2) is 4.39 Å². The van der Waals surface area contributed by atoms with Gasteiger partial charge >= 0.3 is 0 Å². The summed E-state index contributed by atoms with van der Waals surface area (Å²) >= 11 is 0. The SMILES string of the molecule is CNC(C)(C)C(=O)NCc1cccc(F)c1. The minimum atomic E-state index is -0.618. The minimum Gasteiger partial charge on any atom is -0.350 e. The molecule has 0 spiro atoms. The molecule has 88 valence electrons. The monoisotopic (exact) mass is 224 g/mol. The zero-order valence-corrected chi connectivity index (χ0v) is 9.80. The lowest BCUT2D eigenvalue weighted by Crippen LogP contribution is -2.50. The average molecular weight is 224 g/mol. The summed E-state index contributed by atoms with van der Waals surface area (Å²) in [6.45, 7) is 3.91. The molecule has 0 aliphatic carbocycles. The smallest absolute Gasteiger partial charge is 0.239 e. The summed E-state index contributed by atoms with van der Waals surface area (Å²) in [6, 6.07) is 6.19. The fourth-order valence-electron chi connectivity index (χ4n) is 1.16. The van der Waals surface area contributed by atoms with E-state index in [4.69, 9.17) is 0 Å². The number of hydrogen-bond acceptors (Lipinski definition) is 2. The maximum absolute atomic E-state index is 12.9. The third-order valence-corrected chi connectivity index (χ3v) is 2.53. The number of amides is 1. The molecular formula is C12H17FN2O. The van der Waals surface area contributed by atoms with Crippen LogP contribution in [0, 0.1) is 5.82 Å². The summed E-state index contributed by atoms with van der Waals surface area (Å²) in [5, 5.41) is 5.65. The van der Waals surface area contributed by atoms with Crippen molar-refractivity contribution in [2.24, 2.45) is 0 Å². The second kappa shape index (κ2) is 5.07. The Labute approximate surface area is 95.0 Å². The van der Waals surface area contributed by atoms with E-state index in [1.54, 1.807) is 33.0 Å². The molecule has 0 bridgehead atoms. The molecule has 0 aliphatic heterocycles. The average Bonchev–Trinajstić information content (AvgIpc) is 2.26. The lowest BCUT2D eigenvalue weighted by atomic mass is 10.1. The van der Waals surface area contributed by atoms with Gasteiger partial charge in [-0.3, -0.25) is 4.79 Å². The number of nitrogens with one attached hydrogen (secondary N) is 2. The molecule has 1 aromatic rings. The van der Waals surface area contributed by atoms with Gasteiger partial charge in [-0.1, -0.05) is 12.1 Å². The number of rotatable bonds is 4. The number of halogens is 1. The Morgan fingerprint density at radius 1 is 1.44 bits per heavy atom. The molecule has 4 heteroatoms. The van der Waals surface area contributed by atoms with Gasteiger partial charge < -0.3 is 10.6 Å². The van der Waals surface area contributed by atoms with E-state index in [0.29, 0.717) is 6.54 Å². The van der Waals surface area contributed by atoms with Crippen LogP contribution in [0.4, 0.5) is 4.39 Å². The highest BCUT2D eigenvalue weighted by molar-refractivity contribution is 5.85. The van der Waals surface area contributed by atoms with E-state index in [1.165, 1.54) is 12.1 Å². The standard InChI is InChI=1S/C12H17FN2O/c1-12(2,14-3)11(16)15-8-9-5-4-6-10(13)7-9/h4-7,14H,8H2,1-3H3,(H,15,16). The molecule has 0 unspecified atom stereocenters. The van der Waals surface area contributed by atoms with Crippen molar-refractivity contribution in [3.05, 3.63) is 35.6 Å². The Hall–Kier alpha value is -1.42. The van der Waals surface area contributed by atoms with Gasteiger partial charge in [-0.05, 0) is 38.6 Å². The van der Waals surface area contributed by atoms with E-state index >= 15 is 0 Å². The van der Waals surface area contributed by atoms with Crippen molar-refractivity contribution in [2.45, 2.75) is 25.9 Å². The summed E-state index contributed by atoms with van der Waals surface area (Å²) < 4.78 is 12.9. The van der Waals surface area contributed by atoms with Gasteiger partial charge in [0.25, 0.3) is 0 Å². The Morgan fingerprint density at radius 2 is 2.12 bits per heavy atom. The van der Waals surface area contributed by atoms with Crippen LogP contribution in [0.15, 0.2) is 24.3 Å². The molecule has 0 radical (unpaired) electrons. The Kier molecular flexibility index (Phi) is 4.01. The highest BCUT2D eigenvalue weighted by atomic mass is 19.1. The van der Waals surface area contributed by atoms with Crippen molar-refractivity contribution in [1.29, 1.82) is 0 Å². The van der Waals surface area contributed by atoms with Gasteiger partial charge in [-0.15, -0.1) is 0 Å². The van der Waals surface area contributed by atoms with E-state index in [2.05, 4.69) is 10.6 Å². The lowest BCUT2D eigenvalue weighted by molar-refractivity contribution is -0.126. The topological polar surface area (TPSA) is 41.1 Å². The van der Waals surface area contributed by atoms with Crippen LogP contribution in [0.25, 0.3) is 0 Å². The van der Waals surface area contributed by atoms with E-state index in [9.17, 15) is 9.18 Å². The Bertz CT molecular complexity index is 377. The van der Waals surface area contributed by atoms with E-state index in [-0.39, 0.29) is 11.7 Å². The maximum Gasteiger partial charge on any atom is 0.239 e. The normalized spacial score (nSPS) is 11.2. The van der Waals surface area contributed by atoms with Crippen molar-refractivity contribution in [1.82, 2.24) is 10.6 Å². The third kappa shape index (κ3) is 3.31. The van der Waals surface area contributed by atoms with E-state index in [0.717, 1.165) is 5.56 Å². The number of benzene rings is 1. The Balaban J connectivity index is 2.56. The van der Waals surface area contributed by atoms with Crippen LogP contribution in [0.1, 0.15) is 19.4 Å². The first-order valence-electron chi connectivity index (χ1n) is 5.17. The minimum absolute atomic E-state index is 0.112. The summed E-state index contributed by atoms with van der Waals surface area (Å²) in [7, 11) is 1.72. The molecule has 16 heavy (non-hydrogen) atoms. The molecule has 0 saturated heterocycles. The Morgan fingerprint density at radius 3 is 2.69 bits per heavy atom. The van der Waals surface area contributed by atoms with E-state index < -0.39 is 5.54 Å². The van der Waals surface area contributed by atoms with Crippen molar-refractivity contribution < 1.29 is 9.18 Å². The number of carbonyl (C=O) groups is 1. The fourth-order valence-corrected chi connectivity index (χ4v) is 1.16. The van der Waals surface area contributed by atoms with Crippen LogP contribution >= 0.6 is 0 Å². The second-order valence-electron chi connectivity index (χ2n) is 4.19. The number of likely N-dealkylation sites (N-methyl/N-ethyl adjacent to an activating group) is 1. The molecule has 0 heterocycles. The first-order chi connectivity index (χ1) is 7.45. The predicted molar refractivity (Wildman–Crippen MR) is 61.4 cm³/mol. The van der Waals surface area contributed by atoms with Crippen LogP contribution < -0.4 is 10.6 Å². The molecule has 1 amide bonds. The van der Waals surface area contributed by atoms with E-state index in [1.807, 2.05) is 0 Å². The molecule has 0 fully saturated rings. The fraction of sp³-hybridized carbons (Fsp3) is 0.417. The quantitative estimate of drug-likeness (QED) is 0.812. The van der Waals surface area contributed by atoms with Gasteiger partial charge in [0.2, 0.25) is 5.91 Å². The molecule has 0 aromatic heterocycles. The molecule has 0 aliphatic rings. The summed E-state index contributed by atoms with van der Waals surface area (Å²) in [5.74, 6) is -0.404. The third-order valence-electron chi connectivity index (χ3n) is 2.53. The van der Waals surface area contributed by atoms with Crippen LogP contribution in [-0.2, 0) is 11.3 Å². The first-order valence-corrected chi connectivity index (χ1v) is 5.17. The van der Waals surface area contributed by atoms with Crippen molar-refractivity contribution in [3.63, 3.8) is 0 Å².